The van der Waals surface area contributed by atoms with E-state index >= 15 is 0 Å². The first-order valence-electron chi connectivity index (χ1n) is 11.7. The van der Waals surface area contributed by atoms with Crippen LogP contribution in [0.15, 0.2) is 41.6 Å². The second kappa shape index (κ2) is 10.1. The summed E-state index contributed by atoms with van der Waals surface area (Å²) in [6.45, 7) is 1.98. The molecule has 1 spiro atoms. The minimum Gasteiger partial charge on any atom is -0.493 e. The maximum atomic E-state index is 12.7. The van der Waals surface area contributed by atoms with Crippen molar-refractivity contribution in [2.24, 2.45) is 5.16 Å². The number of methoxy groups -OCH3 is 2. The van der Waals surface area contributed by atoms with Crippen LogP contribution < -0.4 is 29.6 Å². The molecule has 36 heavy (non-hydrogen) atoms. The number of nitrogens with one attached hydrogen (secondary N) is 2. The number of ether oxygens (including phenoxy) is 4. The highest BCUT2D eigenvalue weighted by molar-refractivity contribution is 7.80. The lowest BCUT2D eigenvalue weighted by atomic mass is 9.87. The highest BCUT2D eigenvalue weighted by atomic mass is 32.1. The van der Waals surface area contributed by atoms with Crippen LogP contribution in [0.5, 0.6) is 23.0 Å². The summed E-state index contributed by atoms with van der Waals surface area (Å²) in [5.41, 5.74) is 1.68. The van der Waals surface area contributed by atoms with Gasteiger partial charge in [-0.1, -0.05) is 11.2 Å². The molecule has 1 fully saturated rings. The number of likely N-dealkylation sites (tertiary alicyclic amines) is 1. The summed E-state index contributed by atoms with van der Waals surface area (Å²) in [6.07, 6.45) is 1.90. The summed E-state index contributed by atoms with van der Waals surface area (Å²) in [6, 6.07) is 11.2. The number of carbonyl (C=O) groups is 1. The van der Waals surface area contributed by atoms with Gasteiger partial charge >= 0.3 is 0 Å². The molecule has 11 heteroatoms. The average Bonchev–Trinajstić information content (AvgIpc) is 3.54. The summed E-state index contributed by atoms with van der Waals surface area (Å²) in [4.78, 5) is 20.6. The molecule has 10 nitrogen and oxygen atoms in total. The van der Waals surface area contributed by atoms with Gasteiger partial charge in [0.05, 0.1) is 14.2 Å². The summed E-state index contributed by atoms with van der Waals surface area (Å²) in [7, 11) is 3.16. The number of hydrogen-bond donors (Lipinski definition) is 2. The fourth-order valence-corrected chi connectivity index (χ4v) is 4.78. The van der Waals surface area contributed by atoms with Crippen molar-refractivity contribution in [2.45, 2.75) is 31.4 Å². The quantitative estimate of drug-likeness (QED) is 0.566. The van der Waals surface area contributed by atoms with E-state index in [1.807, 2.05) is 36.4 Å². The third-order valence-corrected chi connectivity index (χ3v) is 6.95. The van der Waals surface area contributed by atoms with Crippen molar-refractivity contribution < 1.29 is 28.6 Å². The minimum absolute atomic E-state index is 0.232. The van der Waals surface area contributed by atoms with Crippen molar-refractivity contribution in [3.8, 4) is 23.0 Å². The van der Waals surface area contributed by atoms with Crippen LogP contribution in [0.2, 0.25) is 0 Å². The SMILES string of the molecule is COc1ccc(CNC(=O)C2=NOC3(CCN(C(=S)Nc4ccc5c(c4)OCO5)CC3)C2)cc1OC. The van der Waals surface area contributed by atoms with Gasteiger partial charge in [-0.2, -0.15) is 0 Å². The van der Waals surface area contributed by atoms with Crippen LogP contribution in [-0.4, -0.2) is 61.3 Å². The minimum atomic E-state index is -0.471. The Kier molecular flexibility index (Phi) is 6.73. The lowest BCUT2D eigenvalue weighted by Crippen LogP contribution is -2.48. The Hall–Kier alpha value is -3.73. The van der Waals surface area contributed by atoms with Crippen molar-refractivity contribution in [1.82, 2.24) is 10.2 Å². The number of fused-ring (bicyclic) bond motifs is 1. The molecule has 0 aliphatic carbocycles. The highest BCUT2D eigenvalue weighted by Gasteiger charge is 2.44. The van der Waals surface area contributed by atoms with Crippen LogP contribution in [0.25, 0.3) is 0 Å². The molecule has 0 radical (unpaired) electrons. The molecule has 2 N–H and O–H groups in total. The van der Waals surface area contributed by atoms with Crippen molar-refractivity contribution in [3.63, 3.8) is 0 Å². The average molecular weight is 513 g/mol. The molecule has 3 heterocycles. The summed E-state index contributed by atoms with van der Waals surface area (Å²) in [5, 5.41) is 10.9. The van der Waals surface area contributed by atoms with Gasteiger partial charge in [0.2, 0.25) is 6.79 Å². The number of oxime groups is 1. The smallest absolute Gasteiger partial charge is 0.269 e. The van der Waals surface area contributed by atoms with Gasteiger partial charge < -0.3 is 39.3 Å². The number of carbonyl (C=O) groups excluding carboxylic acids is 1. The normalized spacial score (nSPS) is 17.3. The highest BCUT2D eigenvalue weighted by Crippen LogP contribution is 2.36. The molecule has 190 valence electrons. The zero-order chi connectivity index (χ0) is 25.1. The van der Waals surface area contributed by atoms with Crippen molar-refractivity contribution in [3.05, 3.63) is 42.0 Å². The van der Waals surface area contributed by atoms with Gasteiger partial charge in [-0.05, 0) is 42.0 Å². The zero-order valence-corrected chi connectivity index (χ0v) is 21.0. The fraction of sp³-hybridized carbons (Fsp3) is 0.400. The molecule has 0 unspecified atom stereocenters. The molecular weight excluding hydrogens is 484 g/mol. The van der Waals surface area contributed by atoms with Crippen molar-refractivity contribution in [1.29, 1.82) is 0 Å². The van der Waals surface area contributed by atoms with E-state index in [9.17, 15) is 4.79 Å². The second-order valence-electron chi connectivity index (χ2n) is 8.85. The Bertz CT molecular complexity index is 1200. The number of anilines is 1. The standard InChI is InChI=1S/C25H28N4O6S/c1-31-19-5-3-16(11-21(19)32-2)14-26-23(30)18-13-25(35-28-18)7-9-29(10-8-25)24(36)27-17-4-6-20-22(12-17)34-15-33-20/h3-6,11-12H,7-10,13-15H2,1-2H3,(H,26,30)(H,27,36). The Balaban J connectivity index is 1.10. The van der Waals surface area contributed by atoms with Crippen molar-refractivity contribution >= 4 is 34.6 Å². The number of rotatable bonds is 6. The molecule has 5 rings (SSSR count). The molecule has 1 saturated heterocycles. The number of benzene rings is 2. The largest absolute Gasteiger partial charge is 0.493 e. The predicted molar refractivity (Wildman–Crippen MR) is 137 cm³/mol. The Morgan fingerprint density at radius 2 is 1.86 bits per heavy atom. The maximum absolute atomic E-state index is 12.7. The van der Waals surface area contributed by atoms with E-state index in [2.05, 4.69) is 20.7 Å². The Labute approximate surface area is 214 Å². The van der Waals surface area contributed by atoms with Crippen LogP contribution in [-0.2, 0) is 16.2 Å². The molecule has 2 aromatic rings. The topological polar surface area (TPSA) is 103 Å². The summed E-state index contributed by atoms with van der Waals surface area (Å²) >= 11 is 5.62. The Morgan fingerprint density at radius 3 is 2.64 bits per heavy atom. The van der Waals surface area contributed by atoms with Crippen LogP contribution >= 0.6 is 12.2 Å². The molecule has 0 aromatic heterocycles. The van der Waals surface area contributed by atoms with Gasteiger partial charge in [0, 0.05) is 50.7 Å². The Morgan fingerprint density at radius 1 is 1.08 bits per heavy atom. The second-order valence-corrected chi connectivity index (χ2v) is 9.23. The van der Waals surface area contributed by atoms with Gasteiger partial charge in [-0.3, -0.25) is 4.79 Å². The number of piperidine rings is 1. The van der Waals surface area contributed by atoms with Crippen LogP contribution in [0.3, 0.4) is 0 Å². The number of nitrogens with zero attached hydrogens (tertiary/aromatic N) is 2. The molecule has 0 bridgehead atoms. The number of hydrogen-bond acceptors (Lipinski definition) is 8. The van der Waals surface area contributed by atoms with Gasteiger partial charge in [-0.15, -0.1) is 0 Å². The van der Waals surface area contributed by atoms with Gasteiger partial charge in [0.1, 0.15) is 11.3 Å². The first kappa shape index (κ1) is 24.0. The molecular formula is C25H28N4O6S. The molecule has 3 aliphatic heterocycles. The first-order valence-corrected chi connectivity index (χ1v) is 12.1. The van der Waals surface area contributed by atoms with E-state index in [4.69, 9.17) is 36.0 Å². The third kappa shape index (κ3) is 4.97. The van der Waals surface area contributed by atoms with Gasteiger partial charge in [0.25, 0.3) is 5.91 Å². The molecule has 0 atom stereocenters. The van der Waals surface area contributed by atoms with Crippen LogP contribution in [0, 0.1) is 0 Å². The van der Waals surface area contributed by atoms with Crippen molar-refractivity contribution in [2.75, 3.05) is 39.4 Å². The van der Waals surface area contributed by atoms with E-state index in [1.54, 1.807) is 14.2 Å². The van der Waals surface area contributed by atoms with Gasteiger partial charge in [0.15, 0.2) is 28.1 Å². The van der Waals surface area contributed by atoms with E-state index in [0.29, 0.717) is 67.0 Å². The lowest BCUT2D eigenvalue weighted by Gasteiger charge is -2.38. The molecule has 2 aromatic carbocycles. The lowest BCUT2D eigenvalue weighted by molar-refractivity contribution is -0.115. The zero-order valence-electron chi connectivity index (χ0n) is 20.2. The van der Waals surface area contributed by atoms with E-state index < -0.39 is 5.60 Å². The van der Waals surface area contributed by atoms with E-state index in [-0.39, 0.29) is 12.7 Å². The summed E-state index contributed by atoms with van der Waals surface area (Å²) in [5.74, 6) is 2.45. The van der Waals surface area contributed by atoms with E-state index in [0.717, 1.165) is 17.0 Å². The first-order chi connectivity index (χ1) is 17.5. The maximum Gasteiger partial charge on any atom is 0.269 e. The molecule has 1 amide bonds. The molecule has 0 saturated carbocycles. The van der Waals surface area contributed by atoms with Crippen LogP contribution in [0.1, 0.15) is 24.8 Å². The number of thiocarbonyl (C=S) groups is 1. The molecule has 3 aliphatic rings. The van der Waals surface area contributed by atoms with E-state index in [1.165, 1.54) is 0 Å². The monoisotopic (exact) mass is 512 g/mol. The van der Waals surface area contributed by atoms with Gasteiger partial charge in [-0.25, -0.2) is 0 Å². The number of amides is 1. The summed E-state index contributed by atoms with van der Waals surface area (Å²) < 4.78 is 21.4. The predicted octanol–water partition coefficient (Wildman–Crippen LogP) is 3.06. The van der Waals surface area contributed by atoms with Crippen LogP contribution in [0.4, 0.5) is 5.69 Å². The fourth-order valence-electron chi connectivity index (χ4n) is 4.48. The third-order valence-electron chi connectivity index (χ3n) is 6.59.